The molecule has 0 aliphatic carbocycles. The lowest BCUT2D eigenvalue weighted by molar-refractivity contribution is -0.140. The van der Waals surface area contributed by atoms with Gasteiger partial charge in [0.05, 0.1) is 11.2 Å². The maximum Gasteiger partial charge on any atom is 0.326 e. The summed E-state index contributed by atoms with van der Waals surface area (Å²) in [4.78, 5) is 37.4. The topological polar surface area (TPSA) is 117 Å². The summed E-state index contributed by atoms with van der Waals surface area (Å²) in [7, 11) is 0. The van der Waals surface area contributed by atoms with E-state index in [1.54, 1.807) is 6.92 Å². The zero-order chi connectivity index (χ0) is 14.4. The van der Waals surface area contributed by atoms with Gasteiger partial charge in [0, 0.05) is 6.42 Å². The van der Waals surface area contributed by atoms with Gasteiger partial charge in [0.1, 0.15) is 10.9 Å². The van der Waals surface area contributed by atoms with Gasteiger partial charge < -0.3 is 15.5 Å². The number of hydrogen-bond acceptors (Lipinski definition) is 5. The fourth-order valence-electron chi connectivity index (χ4n) is 1.46. The van der Waals surface area contributed by atoms with Gasteiger partial charge in [-0.25, -0.2) is 9.78 Å². The summed E-state index contributed by atoms with van der Waals surface area (Å²) in [6, 6.07) is -1.09. The molecule has 19 heavy (non-hydrogen) atoms. The predicted molar refractivity (Wildman–Crippen MR) is 67.2 cm³/mol. The van der Waals surface area contributed by atoms with Crippen molar-refractivity contribution < 1.29 is 24.6 Å². The molecule has 0 aliphatic heterocycles. The van der Waals surface area contributed by atoms with Crippen LogP contribution >= 0.6 is 11.3 Å². The first-order valence-corrected chi connectivity index (χ1v) is 6.45. The number of carboxylic acid groups (broad SMARTS) is 2. The highest BCUT2D eigenvalue weighted by Crippen LogP contribution is 2.12. The molecule has 1 aromatic rings. The third-order valence-corrected chi connectivity index (χ3v) is 3.37. The number of carboxylic acids is 2. The molecule has 3 N–H and O–H groups in total. The van der Waals surface area contributed by atoms with Crippen LogP contribution in [0.3, 0.4) is 0 Å². The van der Waals surface area contributed by atoms with E-state index in [0.717, 1.165) is 11.3 Å². The molecular weight excluding hydrogens is 272 g/mol. The average molecular weight is 286 g/mol. The van der Waals surface area contributed by atoms with Crippen molar-refractivity contribution in [2.45, 2.75) is 32.2 Å². The Morgan fingerprint density at radius 1 is 1.42 bits per heavy atom. The first-order chi connectivity index (χ1) is 8.91. The highest BCUT2D eigenvalue weighted by molar-refractivity contribution is 7.11. The molecule has 0 bridgehead atoms. The van der Waals surface area contributed by atoms with Crippen LogP contribution in [0, 0.1) is 6.92 Å². The van der Waals surface area contributed by atoms with E-state index < -0.39 is 23.9 Å². The molecule has 0 aliphatic rings. The fourth-order valence-corrected chi connectivity index (χ4v) is 2.16. The number of hydrogen-bond donors (Lipinski definition) is 3. The van der Waals surface area contributed by atoms with Gasteiger partial charge >= 0.3 is 11.9 Å². The number of amides is 1. The summed E-state index contributed by atoms with van der Waals surface area (Å²) in [6.07, 6.45) is 0.138. The van der Waals surface area contributed by atoms with Crippen molar-refractivity contribution in [2.75, 3.05) is 0 Å². The Hall–Kier alpha value is -1.96. The summed E-state index contributed by atoms with van der Waals surface area (Å²) in [6.45, 7) is 1.66. The van der Waals surface area contributed by atoms with Crippen LogP contribution in [-0.2, 0) is 9.59 Å². The monoisotopic (exact) mass is 286 g/mol. The number of aliphatic carboxylic acids is 2. The minimum atomic E-state index is -1.18. The molecule has 1 aromatic heterocycles. The molecular formula is C11H14N2O5S. The second-order valence-corrected chi connectivity index (χ2v) is 4.77. The zero-order valence-electron chi connectivity index (χ0n) is 10.3. The largest absolute Gasteiger partial charge is 0.481 e. The Kier molecular flexibility index (Phi) is 5.43. The smallest absolute Gasteiger partial charge is 0.326 e. The Morgan fingerprint density at radius 3 is 2.58 bits per heavy atom. The fraction of sp³-hybridized carbons (Fsp3) is 0.455. The van der Waals surface area contributed by atoms with Gasteiger partial charge in [-0.1, -0.05) is 0 Å². The quantitative estimate of drug-likeness (QED) is 0.685. The normalized spacial score (nSPS) is 11.8. The van der Waals surface area contributed by atoms with Gasteiger partial charge in [-0.15, -0.1) is 11.3 Å². The lowest BCUT2D eigenvalue weighted by Crippen LogP contribution is -2.40. The molecule has 1 heterocycles. The van der Waals surface area contributed by atoms with Gasteiger partial charge in [-0.05, 0) is 19.8 Å². The molecule has 8 heteroatoms. The van der Waals surface area contributed by atoms with Gasteiger partial charge in [0.2, 0.25) is 0 Å². The van der Waals surface area contributed by atoms with Crippen LogP contribution in [0.5, 0.6) is 0 Å². The Morgan fingerprint density at radius 2 is 2.11 bits per heavy atom. The number of thiazole rings is 1. The van der Waals surface area contributed by atoms with E-state index in [9.17, 15) is 14.4 Å². The average Bonchev–Trinajstić information content (AvgIpc) is 2.73. The molecule has 104 valence electrons. The molecule has 1 amide bonds. The minimum absolute atomic E-state index is 0.0746. The molecule has 0 radical (unpaired) electrons. The molecule has 0 fully saturated rings. The van der Waals surface area contributed by atoms with Crippen molar-refractivity contribution in [1.29, 1.82) is 0 Å². The number of rotatable bonds is 7. The first-order valence-electron chi connectivity index (χ1n) is 5.57. The van der Waals surface area contributed by atoms with E-state index in [1.807, 2.05) is 0 Å². The van der Waals surface area contributed by atoms with Crippen molar-refractivity contribution in [1.82, 2.24) is 10.3 Å². The zero-order valence-corrected chi connectivity index (χ0v) is 11.1. The standard InChI is InChI=1S/C11H14N2O5S/c1-6-9(19-5-12-6)10(16)13-7(11(17)18)3-2-4-8(14)15/h5,7H,2-4H2,1H3,(H,13,16)(H,14,15)(H,17,18)/t7-/m1/s1. The van der Waals surface area contributed by atoms with E-state index in [4.69, 9.17) is 10.2 Å². The molecule has 0 spiro atoms. The highest BCUT2D eigenvalue weighted by atomic mass is 32.1. The van der Waals surface area contributed by atoms with Gasteiger partial charge in [0.15, 0.2) is 0 Å². The lowest BCUT2D eigenvalue weighted by Gasteiger charge is -2.13. The van der Waals surface area contributed by atoms with Crippen molar-refractivity contribution >= 4 is 29.2 Å². The third kappa shape index (κ3) is 4.66. The second kappa shape index (κ2) is 6.83. The van der Waals surface area contributed by atoms with Gasteiger partial charge in [0.25, 0.3) is 5.91 Å². The van der Waals surface area contributed by atoms with Gasteiger partial charge in [-0.3, -0.25) is 9.59 Å². The van der Waals surface area contributed by atoms with E-state index in [1.165, 1.54) is 5.51 Å². The Balaban J connectivity index is 2.59. The number of nitrogens with zero attached hydrogens (tertiary/aromatic N) is 1. The lowest BCUT2D eigenvalue weighted by atomic mass is 10.1. The Bertz CT molecular complexity index is 485. The SMILES string of the molecule is Cc1ncsc1C(=O)N[C@H](CCCC(=O)O)C(=O)O. The van der Waals surface area contributed by atoms with Crippen LogP contribution in [0.4, 0.5) is 0 Å². The van der Waals surface area contributed by atoms with Gasteiger partial charge in [-0.2, -0.15) is 0 Å². The summed E-state index contributed by atoms with van der Waals surface area (Å²) in [5.74, 6) is -2.67. The van der Waals surface area contributed by atoms with Crippen LogP contribution in [-0.4, -0.2) is 39.1 Å². The summed E-state index contributed by atoms with van der Waals surface area (Å²) in [5, 5.41) is 19.8. The van der Waals surface area contributed by atoms with E-state index in [-0.39, 0.29) is 19.3 Å². The number of aromatic nitrogens is 1. The molecule has 1 rings (SSSR count). The minimum Gasteiger partial charge on any atom is -0.481 e. The van der Waals surface area contributed by atoms with Crippen molar-refractivity contribution in [3.05, 3.63) is 16.1 Å². The number of carbonyl (C=O) groups is 3. The maximum absolute atomic E-state index is 11.8. The number of aryl methyl sites for hydroxylation is 1. The highest BCUT2D eigenvalue weighted by Gasteiger charge is 2.22. The maximum atomic E-state index is 11.8. The van der Waals surface area contributed by atoms with Crippen LogP contribution in [0.15, 0.2) is 5.51 Å². The summed E-state index contributed by atoms with van der Waals surface area (Å²) < 4.78 is 0. The van der Waals surface area contributed by atoms with E-state index >= 15 is 0 Å². The molecule has 0 aromatic carbocycles. The summed E-state index contributed by atoms with van der Waals surface area (Å²) in [5.41, 5.74) is 2.04. The molecule has 0 saturated heterocycles. The number of carbonyl (C=O) groups excluding carboxylic acids is 1. The van der Waals surface area contributed by atoms with E-state index in [0.29, 0.717) is 10.6 Å². The van der Waals surface area contributed by atoms with Crippen molar-refractivity contribution in [3.8, 4) is 0 Å². The van der Waals surface area contributed by atoms with Crippen LogP contribution < -0.4 is 5.32 Å². The molecule has 1 atom stereocenters. The summed E-state index contributed by atoms with van der Waals surface area (Å²) >= 11 is 1.13. The first kappa shape index (κ1) is 15.1. The molecule has 0 unspecified atom stereocenters. The van der Waals surface area contributed by atoms with Crippen LogP contribution in [0.2, 0.25) is 0 Å². The van der Waals surface area contributed by atoms with Crippen LogP contribution in [0.25, 0.3) is 0 Å². The van der Waals surface area contributed by atoms with Crippen molar-refractivity contribution in [2.24, 2.45) is 0 Å². The third-order valence-electron chi connectivity index (χ3n) is 2.44. The molecule has 0 saturated carbocycles. The molecule has 7 nitrogen and oxygen atoms in total. The Labute approximate surface area is 113 Å². The van der Waals surface area contributed by atoms with E-state index in [2.05, 4.69) is 10.3 Å². The van der Waals surface area contributed by atoms with Crippen molar-refractivity contribution in [3.63, 3.8) is 0 Å². The predicted octanol–water partition coefficient (Wildman–Crippen LogP) is 0.889. The van der Waals surface area contributed by atoms with Crippen LogP contribution in [0.1, 0.15) is 34.6 Å². The second-order valence-electron chi connectivity index (χ2n) is 3.92. The number of nitrogens with one attached hydrogen (secondary N) is 1.